The minimum atomic E-state index is 0.324. The van der Waals surface area contributed by atoms with E-state index in [0.29, 0.717) is 18.8 Å². The van der Waals surface area contributed by atoms with Crippen LogP contribution < -0.4 is 0 Å². The van der Waals surface area contributed by atoms with Gasteiger partial charge < -0.3 is 9.47 Å². The molecular formula is C11H14O2. The molecule has 1 aromatic carbocycles. The Morgan fingerprint density at radius 2 is 2.00 bits per heavy atom. The van der Waals surface area contributed by atoms with Crippen molar-refractivity contribution in [1.82, 2.24) is 0 Å². The Bertz CT molecular complexity index is 258. The first-order valence-corrected chi connectivity index (χ1v) is 4.58. The summed E-state index contributed by atoms with van der Waals surface area (Å²) in [5.41, 5.74) is 1.23. The van der Waals surface area contributed by atoms with Crippen LogP contribution in [0.25, 0.3) is 0 Å². The minimum Gasteiger partial charge on any atom is -0.379 e. The first-order valence-electron chi connectivity index (χ1n) is 4.58. The van der Waals surface area contributed by atoms with Crippen molar-refractivity contribution >= 4 is 0 Å². The molecule has 2 nitrogen and oxygen atoms in total. The maximum Gasteiger partial charge on any atom is 0.0867 e. The van der Waals surface area contributed by atoms with Gasteiger partial charge in [-0.05, 0) is 5.56 Å². The van der Waals surface area contributed by atoms with Crippen LogP contribution in [0.2, 0.25) is 0 Å². The van der Waals surface area contributed by atoms with Gasteiger partial charge in [0.05, 0.1) is 18.8 Å². The average Bonchev–Trinajstić information content (AvgIpc) is 2.95. The van der Waals surface area contributed by atoms with Crippen LogP contribution in [0.15, 0.2) is 30.3 Å². The van der Waals surface area contributed by atoms with Crippen molar-refractivity contribution in [3.8, 4) is 0 Å². The molecule has 0 radical (unpaired) electrons. The lowest BCUT2D eigenvalue weighted by molar-refractivity contribution is 0.0552. The number of methoxy groups -OCH3 is 1. The number of ether oxygens (including phenoxy) is 2. The van der Waals surface area contributed by atoms with Crippen LogP contribution in [-0.2, 0) is 16.1 Å². The molecule has 1 aliphatic carbocycles. The normalized spacial score (nSPS) is 25.9. The fraction of sp³-hybridized carbons (Fsp3) is 0.455. The van der Waals surface area contributed by atoms with Gasteiger partial charge >= 0.3 is 0 Å². The molecule has 1 saturated carbocycles. The molecule has 1 fully saturated rings. The second kappa shape index (κ2) is 3.90. The molecule has 0 amide bonds. The largest absolute Gasteiger partial charge is 0.379 e. The lowest BCUT2D eigenvalue weighted by Crippen LogP contribution is -2.01. The first-order chi connectivity index (χ1) is 6.40. The monoisotopic (exact) mass is 178 g/mol. The highest BCUT2D eigenvalue weighted by Gasteiger charge is 2.38. The SMILES string of the molecule is COC1CC1OCc1ccccc1. The number of rotatable bonds is 4. The molecule has 2 heteroatoms. The van der Waals surface area contributed by atoms with Crippen LogP contribution in [-0.4, -0.2) is 19.3 Å². The number of hydrogen-bond donors (Lipinski definition) is 0. The maximum atomic E-state index is 5.62. The summed E-state index contributed by atoms with van der Waals surface area (Å²) in [7, 11) is 1.73. The topological polar surface area (TPSA) is 18.5 Å². The van der Waals surface area contributed by atoms with Crippen molar-refractivity contribution in [1.29, 1.82) is 0 Å². The minimum absolute atomic E-state index is 0.324. The third-order valence-electron chi connectivity index (χ3n) is 2.29. The zero-order chi connectivity index (χ0) is 9.10. The van der Waals surface area contributed by atoms with Gasteiger partial charge in [0, 0.05) is 13.5 Å². The standard InChI is InChI=1S/C11H14O2/c1-12-10-7-11(10)13-8-9-5-3-2-4-6-9/h2-6,10-11H,7-8H2,1H3. The van der Waals surface area contributed by atoms with Crippen molar-refractivity contribution < 1.29 is 9.47 Å². The lowest BCUT2D eigenvalue weighted by atomic mass is 10.2. The number of benzene rings is 1. The summed E-state index contributed by atoms with van der Waals surface area (Å²) in [5.74, 6) is 0. The fourth-order valence-corrected chi connectivity index (χ4v) is 1.35. The molecule has 70 valence electrons. The highest BCUT2D eigenvalue weighted by atomic mass is 16.6. The smallest absolute Gasteiger partial charge is 0.0867 e. The van der Waals surface area contributed by atoms with Crippen LogP contribution in [0.4, 0.5) is 0 Å². The lowest BCUT2D eigenvalue weighted by Gasteiger charge is -2.02. The second-order valence-electron chi connectivity index (χ2n) is 3.34. The predicted molar refractivity (Wildman–Crippen MR) is 50.4 cm³/mol. The van der Waals surface area contributed by atoms with Gasteiger partial charge in [-0.1, -0.05) is 30.3 Å². The van der Waals surface area contributed by atoms with Crippen molar-refractivity contribution in [2.24, 2.45) is 0 Å². The van der Waals surface area contributed by atoms with E-state index in [0.717, 1.165) is 6.42 Å². The average molecular weight is 178 g/mol. The van der Waals surface area contributed by atoms with E-state index < -0.39 is 0 Å². The molecule has 0 aromatic heterocycles. The zero-order valence-electron chi connectivity index (χ0n) is 7.77. The zero-order valence-corrected chi connectivity index (χ0v) is 7.77. The third-order valence-corrected chi connectivity index (χ3v) is 2.29. The van der Waals surface area contributed by atoms with Gasteiger partial charge in [0.1, 0.15) is 0 Å². The highest BCUT2D eigenvalue weighted by molar-refractivity contribution is 5.13. The summed E-state index contributed by atoms with van der Waals surface area (Å²) >= 11 is 0. The van der Waals surface area contributed by atoms with Gasteiger partial charge in [-0.3, -0.25) is 0 Å². The van der Waals surface area contributed by atoms with Crippen LogP contribution in [0.1, 0.15) is 12.0 Å². The molecule has 0 saturated heterocycles. The predicted octanol–water partition coefficient (Wildman–Crippen LogP) is 1.99. The molecular weight excluding hydrogens is 164 g/mol. The van der Waals surface area contributed by atoms with Crippen molar-refractivity contribution in [3.05, 3.63) is 35.9 Å². The molecule has 0 N–H and O–H groups in total. The van der Waals surface area contributed by atoms with Crippen LogP contribution in [0.3, 0.4) is 0 Å². The van der Waals surface area contributed by atoms with Gasteiger partial charge in [-0.2, -0.15) is 0 Å². The van der Waals surface area contributed by atoms with E-state index >= 15 is 0 Å². The summed E-state index contributed by atoms with van der Waals surface area (Å²) in [4.78, 5) is 0. The Kier molecular flexibility index (Phi) is 2.62. The van der Waals surface area contributed by atoms with E-state index in [1.165, 1.54) is 5.56 Å². The van der Waals surface area contributed by atoms with E-state index in [-0.39, 0.29) is 0 Å². The van der Waals surface area contributed by atoms with Gasteiger partial charge in [0.2, 0.25) is 0 Å². The summed E-state index contributed by atoms with van der Waals surface area (Å²) in [6.45, 7) is 0.700. The molecule has 2 atom stereocenters. The number of hydrogen-bond acceptors (Lipinski definition) is 2. The third kappa shape index (κ3) is 2.29. The van der Waals surface area contributed by atoms with Crippen LogP contribution in [0, 0.1) is 0 Å². The fourth-order valence-electron chi connectivity index (χ4n) is 1.35. The second-order valence-corrected chi connectivity index (χ2v) is 3.34. The van der Waals surface area contributed by atoms with E-state index in [1.807, 2.05) is 18.2 Å². The Labute approximate surface area is 78.5 Å². The van der Waals surface area contributed by atoms with Crippen molar-refractivity contribution in [2.75, 3.05) is 7.11 Å². The Balaban J connectivity index is 1.75. The van der Waals surface area contributed by atoms with E-state index in [9.17, 15) is 0 Å². The molecule has 2 rings (SSSR count). The Morgan fingerprint density at radius 3 is 2.62 bits per heavy atom. The quantitative estimate of drug-likeness (QED) is 0.702. The molecule has 0 spiro atoms. The van der Waals surface area contributed by atoms with Gasteiger partial charge in [0.25, 0.3) is 0 Å². The Morgan fingerprint density at radius 1 is 1.23 bits per heavy atom. The summed E-state index contributed by atoms with van der Waals surface area (Å²) in [5, 5.41) is 0. The van der Waals surface area contributed by atoms with E-state index in [4.69, 9.17) is 9.47 Å². The first kappa shape index (κ1) is 8.73. The molecule has 2 unspecified atom stereocenters. The highest BCUT2D eigenvalue weighted by Crippen LogP contribution is 2.28. The maximum absolute atomic E-state index is 5.62. The molecule has 0 bridgehead atoms. The Hall–Kier alpha value is -0.860. The van der Waals surface area contributed by atoms with Crippen molar-refractivity contribution in [3.63, 3.8) is 0 Å². The summed E-state index contributed by atoms with van der Waals surface area (Å²) < 4.78 is 10.8. The molecule has 1 aliphatic rings. The molecule has 13 heavy (non-hydrogen) atoms. The molecule has 0 heterocycles. The van der Waals surface area contributed by atoms with Crippen molar-refractivity contribution in [2.45, 2.75) is 25.2 Å². The van der Waals surface area contributed by atoms with Crippen LogP contribution in [0.5, 0.6) is 0 Å². The molecule has 1 aromatic rings. The molecule has 0 aliphatic heterocycles. The van der Waals surface area contributed by atoms with Crippen LogP contribution >= 0.6 is 0 Å². The van der Waals surface area contributed by atoms with E-state index in [2.05, 4.69) is 12.1 Å². The van der Waals surface area contributed by atoms with Gasteiger partial charge in [0.15, 0.2) is 0 Å². The van der Waals surface area contributed by atoms with Gasteiger partial charge in [-0.25, -0.2) is 0 Å². The summed E-state index contributed by atoms with van der Waals surface area (Å²) in [6.07, 6.45) is 1.71. The summed E-state index contributed by atoms with van der Waals surface area (Å²) in [6, 6.07) is 10.2. The van der Waals surface area contributed by atoms with Gasteiger partial charge in [-0.15, -0.1) is 0 Å². The van der Waals surface area contributed by atoms with E-state index in [1.54, 1.807) is 7.11 Å².